The lowest BCUT2D eigenvalue weighted by atomic mass is 9.77. The van der Waals surface area contributed by atoms with Crippen molar-refractivity contribution < 1.29 is 32.3 Å². The normalized spacial score (nSPS) is 15.6. The first-order valence-corrected chi connectivity index (χ1v) is 24.6. The third-order valence-electron chi connectivity index (χ3n) is 13.1. The van der Waals surface area contributed by atoms with Crippen LogP contribution >= 0.6 is 0 Å². The number of rotatable bonds is 17. The zero-order valence-corrected chi connectivity index (χ0v) is 40.5. The topological polar surface area (TPSA) is 146 Å². The minimum Gasteiger partial charge on any atom is -0.460 e. The number of Topliss-reactive ketones (excluding diaryl/α,β-unsaturated/α-hetero) is 2. The molecule has 4 heterocycles. The highest BCUT2D eigenvalue weighted by Gasteiger charge is 2.40. The number of carbonyl (C=O) groups excluding carboxylic acids is 3. The smallest absolute Gasteiger partial charge is 0.419 e. The maximum atomic E-state index is 14.4. The second-order valence-corrected chi connectivity index (χ2v) is 19.3. The number of esters is 1. The summed E-state index contributed by atoms with van der Waals surface area (Å²) in [5.74, 6) is -1.42. The van der Waals surface area contributed by atoms with E-state index in [-0.39, 0.29) is 29.0 Å². The highest BCUT2D eigenvalue weighted by atomic mass is 19.4. The number of aromatic nitrogens is 5. The molecule has 0 spiro atoms. The molecule has 4 aromatic heterocycles. The van der Waals surface area contributed by atoms with Gasteiger partial charge in [-0.25, -0.2) is 4.68 Å². The van der Waals surface area contributed by atoms with Gasteiger partial charge in [0.15, 0.2) is 5.78 Å². The molecule has 3 N–H and O–H groups in total. The number of fused-ring (bicyclic) bond motifs is 2. The molecule has 2 aliphatic rings. The number of allylic oxidation sites excluding steroid dienone is 1. The number of nitrogens with zero attached hydrogens (tertiary/aromatic N) is 4. The molecule has 2 aromatic carbocycles. The molecule has 1 saturated carbocycles. The van der Waals surface area contributed by atoms with E-state index < -0.39 is 29.5 Å². The van der Waals surface area contributed by atoms with Crippen molar-refractivity contribution in [2.45, 2.75) is 148 Å². The second-order valence-electron chi connectivity index (χ2n) is 19.3. The van der Waals surface area contributed by atoms with Crippen LogP contribution in [0.1, 0.15) is 157 Å². The minimum atomic E-state index is -4.60. The van der Waals surface area contributed by atoms with Crippen molar-refractivity contribution in [3.8, 4) is 28.2 Å². The number of ketones is 2. The zero-order chi connectivity index (χ0) is 49.3. The van der Waals surface area contributed by atoms with Crippen molar-refractivity contribution in [1.29, 1.82) is 0 Å². The van der Waals surface area contributed by atoms with Gasteiger partial charge in [0.1, 0.15) is 11.3 Å². The maximum absolute atomic E-state index is 14.4. The number of nitrogens with two attached hydrogens (primary N) is 1. The van der Waals surface area contributed by atoms with Gasteiger partial charge in [-0.1, -0.05) is 114 Å². The monoisotopic (exact) mass is 943 g/mol. The van der Waals surface area contributed by atoms with Crippen molar-refractivity contribution in [2.24, 2.45) is 11.7 Å². The molecule has 6 aromatic rings. The van der Waals surface area contributed by atoms with E-state index in [9.17, 15) is 27.6 Å². The molecular weight excluding hydrogens is 878 g/mol. The molecule has 1 fully saturated rings. The Bertz CT molecular complexity index is 2780. The predicted molar refractivity (Wildman–Crippen MR) is 266 cm³/mol. The van der Waals surface area contributed by atoms with Crippen LogP contribution in [0.4, 0.5) is 13.2 Å². The van der Waals surface area contributed by atoms with Crippen molar-refractivity contribution in [3.63, 3.8) is 0 Å². The summed E-state index contributed by atoms with van der Waals surface area (Å²) in [4.78, 5) is 52.5. The lowest BCUT2D eigenvalue weighted by Gasteiger charge is -2.29. The number of halogens is 3. The van der Waals surface area contributed by atoms with Crippen molar-refractivity contribution >= 4 is 34.5 Å². The number of H-pyrrole nitrogens is 1. The van der Waals surface area contributed by atoms with Crippen LogP contribution in [0.25, 0.3) is 45.2 Å². The summed E-state index contributed by atoms with van der Waals surface area (Å²) in [5, 5.41) is 5.14. The number of unbranched alkanes of at least 4 members (excludes halogenated alkanes) is 6. The van der Waals surface area contributed by atoms with E-state index in [0.717, 1.165) is 90.6 Å². The van der Waals surface area contributed by atoms with E-state index in [1.807, 2.05) is 76.2 Å². The molecule has 0 radical (unpaired) electrons. The van der Waals surface area contributed by atoms with Crippen LogP contribution in [0.15, 0.2) is 97.1 Å². The van der Waals surface area contributed by atoms with Crippen LogP contribution < -0.4 is 5.73 Å². The van der Waals surface area contributed by atoms with Crippen molar-refractivity contribution in [1.82, 2.24) is 24.7 Å². The maximum Gasteiger partial charge on any atom is 0.419 e. The average molecular weight is 943 g/mol. The first-order valence-electron chi connectivity index (χ1n) is 24.6. The van der Waals surface area contributed by atoms with Crippen LogP contribution in [0, 0.1) is 5.92 Å². The molecule has 2 aliphatic carbocycles. The number of para-hydroxylation sites is 1. The minimum absolute atomic E-state index is 0.0546. The average Bonchev–Trinajstić information content (AvgIpc) is 4.09. The number of carbonyl (C=O) groups is 3. The quantitative estimate of drug-likeness (QED) is 0.0522. The van der Waals surface area contributed by atoms with E-state index in [4.69, 9.17) is 15.5 Å². The van der Waals surface area contributed by atoms with Crippen molar-refractivity contribution in [2.75, 3.05) is 0 Å². The number of pyridine rings is 2. The summed E-state index contributed by atoms with van der Waals surface area (Å²) < 4.78 is 47.8. The third kappa shape index (κ3) is 12.3. The Morgan fingerprint density at radius 3 is 2.29 bits per heavy atom. The molecule has 13 heteroatoms. The summed E-state index contributed by atoms with van der Waals surface area (Å²) >= 11 is 0. The number of aryl methyl sites for hydroxylation is 1. The van der Waals surface area contributed by atoms with E-state index >= 15 is 0 Å². The van der Waals surface area contributed by atoms with Crippen LogP contribution in [0.3, 0.4) is 0 Å². The third-order valence-corrected chi connectivity index (χ3v) is 13.1. The Labute approximate surface area is 403 Å². The zero-order valence-electron chi connectivity index (χ0n) is 40.5. The number of aromatic amines is 1. The highest BCUT2D eigenvalue weighted by Crippen LogP contribution is 2.42. The molecule has 69 heavy (non-hydrogen) atoms. The lowest BCUT2D eigenvalue weighted by molar-refractivity contribution is -0.155. The molecule has 1 unspecified atom stereocenters. The Kier molecular flexibility index (Phi) is 16.5. The number of ether oxygens (including phenoxy) is 1. The first-order chi connectivity index (χ1) is 33.1. The molecule has 8 rings (SSSR count). The van der Waals surface area contributed by atoms with Gasteiger partial charge in [0, 0.05) is 47.1 Å². The van der Waals surface area contributed by atoms with Crippen molar-refractivity contribution in [3.05, 3.63) is 125 Å². The van der Waals surface area contributed by atoms with Gasteiger partial charge in [0.05, 0.1) is 40.8 Å². The van der Waals surface area contributed by atoms with Crippen LogP contribution in [0.5, 0.6) is 0 Å². The number of hydrogen-bond acceptors (Lipinski definition) is 8. The molecular formula is C56H65F3N6O4. The van der Waals surface area contributed by atoms with Gasteiger partial charge >= 0.3 is 12.1 Å². The Balaban J connectivity index is 0.000000378. The summed E-state index contributed by atoms with van der Waals surface area (Å²) in [5.41, 5.74) is 11.8. The van der Waals surface area contributed by atoms with Crippen LogP contribution in [-0.4, -0.2) is 53.9 Å². The van der Waals surface area contributed by atoms with E-state index in [0.29, 0.717) is 40.9 Å². The summed E-state index contributed by atoms with van der Waals surface area (Å²) in [6, 6.07) is 19.6. The molecule has 0 bridgehead atoms. The molecule has 0 saturated heterocycles. The van der Waals surface area contributed by atoms with E-state index in [2.05, 4.69) is 22.0 Å². The summed E-state index contributed by atoms with van der Waals surface area (Å²) in [6.45, 7) is 10.00. The van der Waals surface area contributed by atoms with Gasteiger partial charge < -0.3 is 15.5 Å². The largest absolute Gasteiger partial charge is 0.460 e. The first kappa shape index (κ1) is 50.7. The van der Waals surface area contributed by atoms with E-state index in [1.165, 1.54) is 43.0 Å². The Morgan fingerprint density at radius 1 is 0.870 bits per heavy atom. The number of alkyl halides is 3. The fourth-order valence-corrected chi connectivity index (χ4v) is 9.61. The Hall–Kier alpha value is -6.21. The molecule has 0 aliphatic heterocycles. The van der Waals surface area contributed by atoms with Gasteiger partial charge in [0.2, 0.25) is 5.78 Å². The highest BCUT2D eigenvalue weighted by molar-refractivity contribution is 6.18. The molecule has 2 atom stereocenters. The van der Waals surface area contributed by atoms with E-state index in [1.54, 1.807) is 30.5 Å². The summed E-state index contributed by atoms with van der Waals surface area (Å²) in [6.07, 6.45) is 16.8. The SMILES string of the molecule is CCCCCCCCCC(=O)OC(C)(C)C.CCc1c(-c2cc(-n3cc(C(F)(F)F)cn3)c(-c3ccnc(C(=O)C4=Cc5ccccc5C4C(=O)[C@@H](N)C4CCCCC4)c3)cn2)[nH]c2ccccc12. The standard InChI is InChI=1S/C42H37F3N6O2.C14H28O2/c1-2-28-30-14-8-9-15-33(30)50-39(28)34-20-36(51-23-27(21-49-51)42(43,44)45)32(22-48-34)26-16-17-47-35(19-26)40(52)31-18-25-12-6-7-13-29(25)37(31)41(53)38(46)24-10-4-3-5-11-24;1-5-6-7-8-9-10-11-12-13(15)16-14(2,3)4/h6-9,12-24,37-38,50H,2-5,10-11,46H2,1H3;5-12H2,1-4H3/t37?,38-;/m0./s1. The number of nitrogens with one attached hydrogen (secondary N) is 1. The van der Waals surface area contributed by atoms with Crippen LogP contribution in [0.2, 0.25) is 0 Å². The fraction of sp³-hybridized carbons (Fsp3) is 0.429. The summed E-state index contributed by atoms with van der Waals surface area (Å²) in [7, 11) is 0. The van der Waals surface area contributed by atoms with Gasteiger partial charge in [-0.2, -0.15) is 18.3 Å². The Morgan fingerprint density at radius 2 is 1.58 bits per heavy atom. The van der Waals surface area contributed by atoms with Crippen LogP contribution in [-0.2, 0) is 26.9 Å². The number of hydrogen-bond donors (Lipinski definition) is 2. The number of benzene rings is 2. The second kappa shape index (κ2) is 22.5. The molecule has 10 nitrogen and oxygen atoms in total. The van der Waals surface area contributed by atoms with Gasteiger partial charge in [0.25, 0.3) is 0 Å². The lowest BCUT2D eigenvalue weighted by Crippen LogP contribution is -2.42. The van der Waals surface area contributed by atoms with Gasteiger partial charge in [-0.05, 0) is 105 Å². The predicted octanol–water partition coefficient (Wildman–Crippen LogP) is 13.4. The van der Waals surface area contributed by atoms with Gasteiger partial charge in [-0.3, -0.25) is 24.4 Å². The molecule has 364 valence electrons. The molecule has 0 amide bonds. The fourth-order valence-electron chi connectivity index (χ4n) is 9.61. The van der Waals surface area contributed by atoms with Gasteiger partial charge in [-0.15, -0.1) is 0 Å².